The highest BCUT2D eigenvalue weighted by Crippen LogP contribution is 2.10. The van der Waals surface area contributed by atoms with Gasteiger partial charge in [-0.1, -0.05) is 0 Å². The molecule has 6 nitrogen and oxygen atoms in total. The molecule has 6 heteroatoms. The van der Waals surface area contributed by atoms with Gasteiger partial charge in [0.05, 0.1) is 11.3 Å². The molecule has 0 spiro atoms. The molecule has 2 aromatic heterocycles. The molecule has 2 N–H and O–H groups in total. The van der Waals surface area contributed by atoms with Crippen LogP contribution in [0.5, 0.6) is 0 Å². The molecule has 0 radical (unpaired) electrons. The molecule has 0 aliphatic heterocycles. The summed E-state index contributed by atoms with van der Waals surface area (Å²) in [5.74, 6) is 0.490. The van der Waals surface area contributed by atoms with Crippen LogP contribution in [0.2, 0.25) is 0 Å². The van der Waals surface area contributed by atoms with E-state index < -0.39 is 0 Å². The van der Waals surface area contributed by atoms with Crippen molar-refractivity contribution in [1.29, 1.82) is 0 Å². The van der Waals surface area contributed by atoms with Crippen LogP contribution in [-0.2, 0) is 0 Å². The van der Waals surface area contributed by atoms with E-state index in [0.29, 0.717) is 17.8 Å². The summed E-state index contributed by atoms with van der Waals surface area (Å²) in [5, 5.41) is 16.0. The normalized spacial score (nSPS) is 12.2. The number of nitrogens with one attached hydrogen (secondary N) is 1. The van der Waals surface area contributed by atoms with E-state index in [2.05, 4.69) is 15.4 Å². The highest BCUT2D eigenvalue weighted by molar-refractivity contribution is 5.94. The van der Waals surface area contributed by atoms with E-state index in [1.807, 2.05) is 26.8 Å². The van der Waals surface area contributed by atoms with E-state index in [1.54, 1.807) is 16.8 Å². The lowest BCUT2D eigenvalue weighted by molar-refractivity contribution is 0.0934. The number of aliphatic hydroxyl groups is 1. The molecular weight excluding hydrogens is 268 g/mol. The van der Waals surface area contributed by atoms with Gasteiger partial charge in [-0.2, -0.15) is 5.10 Å². The van der Waals surface area contributed by atoms with Crippen molar-refractivity contribution < 1.29 is 9.90 Å². The monoisotopic (exact) mass is 288 g/mol. The Morgan fingerprint density at radius 2 is 2.19 bits per heavy atom. The molecule has 112 valence electrons. The maximum atomic E-state index is 12.0. The zero-order valence-corrected chi connectivity index (χ0v) is 12.5. The lowest BCUT2D eigenvalue weighted by Crippen LogP contribution is -2.33. The first-order valence-electron chi connectivity index (χ1n) is 6.92. The number of carbonyl (C=O) groups is 1. The second kappa shape index (κ2) is 6.49. The second-order valence-corrected chi connectivity index (χ2v) is 5.13. The molecule has 0 bridgehead atoms. The van der Waals surface area contributed by atoms with E-state index in [1.165, 1.54) is 6.20 Å². The van der Waals surface area contributed by atoms with Crippen LogP contribution in [0.4, 0.5) is 0 Å². The summed E-state index contributed by atoms with van der Waals surface area (Å²) in [6.07, 6.45) is 2.07. The van der Waals surface area contributed by atoms with E-state index in [4.69, 9.17) is 5.11 Å². The number of nitrogens with zero attached hydrogens (tertiary/aromatic N) is 3. The third kappa shape index (κ3) is 3.66. The number of aryl methyl sites for hydroxylation is 2. The molecule has 2 rings (SSSR count). The quantitative estimate of drug-likeness (QED) is 0.871. The summed E-state index contributed by atoms with van der Waals surface area (Å²) in [7, 11) is 0. The molecule has 0 aromatic carbocycles. The standard InChI is InChI=1S/C15H20N4O2/c1-10(6-7-20)17-15(21)13-4-5-14(16-9-13)19-12(3)8-11(2)18-19/h4-5,8-10,20H,6-7H2,1-3H3,(H,17,21). The molecule has 2 aromatic rings. The van der Waals surface area contributed by atoms with E-state index in [9.17, 15) is 4.79 Å². The Hall–Kier alpha value is -2.21. The Labute approximate surface area is 123 Å². The number of aromatic nitrogens is 3. The largest absolute Gasteiger partial charge is 0.396 e. The summed E-state index contributed by atoms with van der Waals surface area (Å²) >= 11 is 0. The number of carbonyl (C=O) groups excluding carboxylic acids is 1. The molecule has 2 heterocycles. The molecule has 0 saturated heterocycles. The van der Waals surface area contributed by atoms with Gasteiger partial charge in [-0.05, 0) is 45.4 Å². The Balaban J connectivity index is 2.12. The first-order valence-corrected chi connectivity index (χ1v) is 6.92. The Morgan fingerprint density at radius 1 is 1.43 bits per heavy atom. The summed E-state index contributed by atoms with van der Waals surface area (Å²) in [6.45, 7) is 5.79. The van der Waals surface area contributed by atoms with Gasteiger partial charge in [-0.15, -0.1) is 0 Å². The van der Waals surface area contributed by atoms with Gasteiger partial charge in [0, 0.05) is 24.5 Å². The number of hydrogen-bond acceptors (Lipinski definition) is 4. The number of pyridine rings is 1. The van der Waals surface area contributed by atoms with Crippen LogP contribution < -0.4 is 5.32 Å². The van der Waals surface area contributed by atoms with Crippen molar-refractivity contribution in [1.82, 2.24) is 20.1 Å². The molecule has 0 saturated carbocycles. The van der Waals surface area contributed by atoms with Gasteiger partial charge in [0.15, 0.2) is 5.82 Å². The topological polar surface area (TPSA) is 80.0 Å². The highest BCUT2D eigenvalue weighted by Gasteiger charge is 2.11. The van der Waals surface area contributed by atoms with Gasteiger partial charge in [0.25, 0.3) is 5.91 Å². The average molecular weight is 288 g/mol. The predicted molar refractivity (Wildman–Crippen MR) is 79.5 cm³/mol. The summed E-state index contributed by atoms with van der Waals surface area (Å²) in [4.78, 5) is 16.3. The first-order chi connectivity index (χ1) is 10.0. The minimum Gasteiger partial charge on any atom is -0.396 e. The lowest BCUT2D eigenvalue weighted by atomic mass is 10.2. The van der Waals surface area contributed by atoms with Crippen molar-refractivity contribution in [3.8, 4) is 5.82 Å². The second-order valence-electron chi connectivity index (χ2n) is 5.13. The minimum atomic E-state index is -0.191. The maximum absolute atomic E-state index is 12.0. The molecule has 0 aliphatic rings. The Morgan fingerprint density at radius 3 is 2.71 bits per heavy atom. The number of amides is 1. The average Bonchev–Trinajstić information content (AvgIpc) is 2.78. The molecule has 0 aliphatic carbocycles. The Kier molecular flexibility index (Phi) is 4.70. The van der Waals surface area contributed by atoms with Crippen LogP contribution >= 0.6 is 0 Å². The number of aliphatic hydroxyl groups excluding tert-OH is 1. The van der Waals surface area contributed by atoms with Crippen LogP contribution in [-0.4, -0.2) is 38.4 Å². The SMILES string of the molecule is Cc1cc(C)n(-c2ccc(C(=O)NC(C)CCO)cn2)n1. The smallest absolute Gasteiger partial charge is 0.253 e. The van der Waals surface area contributed by atoms with E-state index in [0.717, 1.165) is 11.4 Å². The van der Waals surface area contributed by atoms with Crippen molar-refractivity contribution in [3.63, 3.8) is 0 Å². The molecule has 21 heavy (non-hydrogen) atoms. The Bertz CT molecular complexity index is 619. The predicted octanol–water partition coefficient (Wildman–Crippen LogP) is 1.38. The highest BCUT2D eigenvalue weighted by atomic mass is 16.3. The zero-order chi connectivity index (χ0) is 15.4. The summed E-state index contributed by atoms with van der Waals surface area (Å²) < 4.78 is 1.74. The van der Waals surface area contributed by atoms with Crippen molar-refractivity contribution in [2.24, 2.45) is 0 Å². The van der Waals surface area contributed by atoms with E-state index >= 15 is 0 Å². The van der Waals surface area contributed by atoms with Crippen LogP contribution in [0, 0.1) is 13.8 Å². The van der Waals surface area contributed by atoms with Crippen LogP contribution in [0.25, 0.3) is 5.82 Å². The number of rotatable bonds is 5. The maximum Gasteiger partial charge on any atom is 0.253 e. The van der Waals surface area contributed by atoms with Crippen molar-refractivity contribution in [2.75, 3.05) is 6.61 Å². The van der Waals surface area contributed by atoms with Gasteiger partial charge in [-0.3, -0.25) is 4.79 Å². The third-order valence-corrected chi connectivity index (χ3v) is 3.18. The van der Waals surface area contributed by atoms with Crippen LogP contribution in [0.3, 0.4) is 0 Å². The van der Waals surface area contributed by atoms with Crippen molar-refractivity contribution in [2.45, 2.75) is 33.2 Å². The van der Waals surface area contributed by atoms with Gasteiger partial charge in [0.1, 0.15) is 0 Å². The fraction of sp³-hybridized carbons (Fsp3) is 0.400. The molecule has 1 amide bonds. The zero-order valence-electron chi connectivity index (χ0n) is 12.5. The molecular formula is C15H20N4O2. The summed E-state index contributed by atoms with van der Waals surface area (Å²) in [5.41, 5.74) is 2.41. The molecule has 1 atom stereocenters. The van der Waals surface area contributed by atoms with Gasteiger partial charge >= 0.3 is 0 Å². The van der Waals surface area contributed by atoms with Gasteiger partial charge in [-0.25, -0.2) is 9.67 Å². The molecule has 1 unspecified atom stereocenters. The van der Waals surface area contributed by atoms with E-state index in [-0.39, 0.29) is 18.6 Å². The molecule has 0 fully saturated rings. The fourth-order valence-corrected chi connectivity index (χ4v) is 2.08. The fourth-order valence-electron chi connectivity index (χ4n) is 2.08. The number of hydrogen-bond donors (Lipinski definition) is 2. The van der Waals surface area contributed by atoms with Gasteiger partial charge in [0.2, 0.25) is 0 Å². The minimum absolute atomic E-state index is 0.0521. The van der Waals surface area contributed by atoms with Crippen LogP contribution in [0.1, 0.15) is 35.1 Å². The van der Waals surface area contributed by atoms with Crippen molar-refractivity contribution in [3.05, 3.63) is 41.3 Å². The third-order valence-electron chi connectivity index (χ3n) is 3.18. The summed E-state index contributed by atoms with van der Waals surface area (Å²) in [6, 6.07) is 5.39. The first kappa shape index (κ1) is 15.2. The van der Waals surface area contributed by atoms with Gasteiger partial charge < -0.3 is 10.4 Å². The van der Waals surface area contributed by atoms with Crippen molar-refractivity contribution >= 4 is 5.91 Å². The lowest BCUT2D eigenvalue weighted by Gasteiger charge is -2.12. The van der Waals surface area contributed by atoms with Crippen LogP contribution in [0.15, 0.2) is 24.4 Å².